The lowest BCUT2D eigenvalue weighted by Gasteiger charge is -2.21. The molecule has 1 atom stereocenters. The Hall–Kier alpha value is -0.220. The molecular formula is C13H23NOS2. The van der Waals surface area contributed by atoms with Crippen LogP contribution in [0.3, 0.4) is 0 Å². The quantitative estimate of drug-likeness (QED) is 0.816. The number of nitrogens with one attached hydrogen (secondary N) is 1. The molecule has 0 aromatic heterocycles. The summed E-state index contributed by atoms with van der Waals surface area (Å²) in [5, 5.41) is 5.42. The van der Waals surface area contributed by atoms with Gasteiger partial charge in [0.25, 0.3) is 0 Å². The molecule has 4 heteroatoms. The van der Waals surface area contributed by atoms with Crippen LogP contribution in [0.15, 0.2) is 21.6 Å². The van der Waals surface area contributed by atoms with Crippen LogP contribution >= 0.6 is 23.5 Å². The van der Waals surface area contributed by atoms with Crippen LogP contribution in [0.4, 0.5) is 0 Å². The predicted molar refractivity (Wildman–Crippen MR) is 79.6 cm³/mol. The lowest BCUT2D eigenvalue weighted by atomic mass is 9.95. The van der Waals surface area contributed by atoms with Crippen molar-refractivity contribution < 1.29 is 4.74 Å². The van der Waals surface area contributed by atoms with Gasteiger partial charge in [-0.15, -0.1) is 11.8 Å². The summed E-state index contributed by atoms with van der Waals surface area (Å²) in [6, 6.07) is 0. The summed E-state index contributed by atoms with van der Waals surface area (Å²) in [5.74, 6) is 2.04. The highest BCUT2D eigenvalue weighted by atomic mass is 32.2. The first kappa shape index (κ1) is 14.8. The molecule has 2 nitrogen and oxygen atoms in total. The third-order valence-corrected chi connectivity index (χ3v) is 4.11. The molecule has 0 saturated heterocycles. The summed E-state index contributed by atoms with van der Waals surface area (Å²) in [4.78, 5) is 0. The molecule has 0 radical (unpaired) electrons. The Labute approximate surface area is 114 Å². The molecule has 0 amide bonds. The van der Waals surface area contributed by atoms with Crippen LogP contribution in [-0.4, -0.2) is 12.0 Å². The highest BCUT2D eigenvalue weighted by Gasteiger charge is 2.27. The molecule has 2 aliphatic heterocycles. The van der Waals surface area contributed by atoms with Crippen LogP contribution < -0.4 is 5.32 Å². The van der Waals surface area contributed by atoms with Crippen molar-refractivity contribution >= 4 is 23.5 Å². The van der Waals surface area contributed by atoms with Gasteiger partial charge in [-0.25, -0.2) is 0 Å². The van der Waals surface area contributed by atoms with Gasteiger partial charge in [-0.3, -0.25) is 0 Å². The monoisotopic (exact) mass is 273 g/mol. The van der Waals surface area contributed by atoms with Crippen molar-refractivity contribution in [3.8, 4) is 0 Å². The SMILES string of the molecule is CC(C)(C)C1=CNC(CSC2=CS2)O1.CCC. The largest absolute Gasteiger partial charge is 0.472 e. The number of allylic oxidation sites excluding steroid dienone is 1. The maximum Gasteiger partial charge on any atom is 0.178 e. The highest BCUT2D eigenvalue weighted by Crippen LogP contribution is 2.44. The second-order valence-corrected chi connectivity index (χ2v) is 7.34. The molecule has 2 rings (SSSR count). The molecule has 17 heavy (non-hydrogen) atoms. The lowest BCUT2D eigenvalue weighted by Crippen LogP contribution is -2.24. The molecule has 0 saturated carbocycles. The van der Waals surface area contributed by atoms with Gasteiger partial charge in [-0.2, -0.15) is 0 Å². The van der Waals surface area contributed by atoms with Gasteiger partial charge >= 0.3 is 0 Å². The van der Waals surface area contributed by atoms with E-state index in [2.05, 4.69) is 45.3 Å². The molecule has 1 unspecified atom stereocenters. The Morgan fingerprint density at radius 3 is 2.41 bits per heavy atom. The summed E-state index contributed by atoms with van der Waals surface area (Å²) in [6.07, 6.45) is 3.40. The van der Waals surface area contributed by atoms with E-state index in [4.69, 9.17) is 4.74 Å². The zero-order valence-corrected chi connectivity index (χ0v) is 13.0. The minimum atomic E-state index is 0.111. The van der Waals surface area contributed by atoms with E-state index in [9.17, 15) is 0 Å². The molecule has 0 fully saturated rings. The van der Waals surface area contributed by atoms with E-state index in [1.165, 1.54) is 10.7 Å². The van der Waals surface area contributed by atoms with Gasteiger partial charge in [-0.1, -0.05) is 52.8 Å². The maximum absolute atomic E-state index is 5.80. The van der Waals surface area contributed by atoms with Gasteiger partial charge in [-0.05, 0) is 5.41 Å². The van der Waals surface area contributed by atoms with Gasteiger partial charge in [0, 0.05) is 11.6 Å². The Balaban J connectivity index is 0.000000437. The van der Waals surface area contributed by atoms with Crippen molar-refractivity contribution in [2.75, 3.05) is 5.75 Å². The van der Waals surface area contributed by atoms with Crippen molar-refractivity contribution in [3.63, 3.8) is 0 Å². The average molecular weight is 273 g/mol. The van der Waals surface area contributed by atoms with E-state index in [1.807, 2.05) is 29.7 Å². The molecule has 98 valence electrons. The van der Waals surface area contributed by atoms with Gasteiger partial charge in [0.15, 0.2) is 6.23 Å². The van der Waals surface area contributed by atoms with Gasteiger partial charge in [0.2, 0.25) is 0 Å². The van der Waals surface area contributed by atoms with Gasteiger partial charge in [0.1, 0.15) is 5.76 Å². The summed E-state index contributed by atoms with van der Waals surface area (Å²) >= 11 is 3.67. The summed E-state index contributed by atoms with van der Waals surface area (Å²) < 4.78 is 7.21. The molecule has 0 aromatic rings. The second-order valence-electron chi connectivity index (χ2n) is 5.10. The number of hydrogen-bond acceptors (Lipinski definition) is 4. The zero-order valence-electron chi connectivity index (χ0n) is 11.4. The van der Waals surface area contributed by atoms with Crippen LogP contribution in [0.5, 0.6) is 0 Å². The standard InChI is InChI=1S/C10H15NOS2.C3H8/c1-10(2,3)7-4-11-8(12-7)5-13-9-6-14-9;1-3-2/h4,6,8,11H,5H2,1-3H3;3H2,1-2H3. The normalized spacial score (nSPS) is 21.6. The van der Waals surface area contributed by atoms with Crippen LogP contribution in [0.2, 0.25) is 0 Å². The van der Waals surface area contributed by atoms with E-state index in [-0.39, 0.29) is 11.6 Å². The first-order valence-corrected chi connectivity index (χ1v) is 7.96. The fourth-order valence-corrected chi connectivity index (χ4v) is 2.54. The predicted octanol–water partition coefficient (Wildman–Crippen LogP) is 4.52. The molecule has 0 aromatic carbocycles. The molecule has 1 N–H and O–H groups in total. The summed E-state index contributed by atoms with van der Waals surface area (Å²) in [7, 11) is 0. The Bertz CT molecular complexity index is 305. The first-order valence-electron chi connectivity index (χ1n) is 6.10. The Morgan fingerprint density at radius 1 is 1.41 bits per heavy atom. The third kappa shape index (κ3) is 5.77. The number of rotatable bonds is 3. The third-order valence-electron chi connectivity index (χ3n) is 2.00. The molecule has 0 bridgehead atoms. The van der Waals surface area contributed by atoms with Gasteiger partial charge in [0.05, 0.1) is 9.99 Å². The van der Waals surface area contributed by atoms with Gasteiger partial charge < -0.3 is 10.1 Å². The highest BCUT2D eigenvalue weighted by molar-refractivity contribution is 8.29. The fraction of sp³-hybridized carbons (Fsp3) is 0.692. The lowest BCUT2D eigenvalue weighted by molar-refractivity contribution is 0.108. The molecule has 0 spiro atoms. The summed E-state index contributed by atoms with van der Waals surface area (Å²) in [5.41, 5.74) is 0.111. The minimum absolute atomic E-state index is 0.111. The van der Waals surface area contributed by atoms with Crippen LogP contribution in [0, 0.1) is 5.41 Å². The number of hydrogen-bond donors (Lipinski definition) is 1. The van der Waals surface area contributed by atoms with E-state index < -0.39 is 0 Å². The Kier molecular flexibility index (Phi) is 5.80. The first-order chi connectivity index (χ1) is 7.97. The van der Waals surface area contributed by atoms with E-state index in [0.29, 0.717) is 0 Å². The minimum Gasteiger partial charge on any atom is -0.472 e. The summed E-state index contributed by atoms with van der Waals surface area (Å²) in [6.45, 7) is 10.7. The van der Waals surface area contributed by atoms with E-state index in [0.717, 1.165) is 11.5 Å². The van der Waals surface area contributed by atoms with Crippen LogP contribution in [0.1, 0.15) is 41.0 Å². The fourth-order valence-electron chi connectivity index (χ4n) is 1.12. The zero-order chi connectivity index (χ0) is 12.9. The van der Waals surface area contributed by atoms with Crippen LogP contribution in [-0.2, 0) is 4.74 Å². The molecule has 2 aliphatic rings. The van der Waals surface area contributed by atoms with E-state index >= 15 is 0 Å². The van der Waals surface area contributed by atoms with Crippen LogP contribution in [0.25, 0.3) is 0 Å². The topological polar surface area (TPSA) is 21.3 Å². The Morgan fingerprint density at radius 2 is 2.00 bits per heavy atom. The second kappa shape index (κ2) is 6.64. The molecule has 2 heterocycles. The number of thioether (sulfide) groups is 2. The smallest absolute Gasteiger partial charge is 0.178 e. The van der Waals surface area contributed by atoms with Crippen molar-refractivity contribution in [2.45, 2.75) is 47.3 Å². The van der Waals surface area contributed by atoms with Crippen molar-refractivity contribution in [3.05, 3.63) is 21.6 Å². The molecule has 0 aliphatic carbocycles. The van der Waals surface area contributed by atoms with Crippen molar-refractivity contribution in [1.82, 2.24) is 5.32 Å². The maximum atomic E-state index is 5.80. The van der Waals surface area contributed by atoms with Crippen molar-refractivity contribution in [2.24, 2.45) is 5.41 Å². The number of ether oxygens (including phenoxy) is 1. The van der Waals surface area contributed by atoms with Crippen molar-refractivity contribution in [1.29, 1.82) is 0 Å². The molecular weight excluding hydrogens is 250 g/mol. The average Bonchev–Trinajstić information content (AvgIpc) is 2.92. The van der Waals surface area contributed by atoms with E-state index in [1.54, 1.807) is 0 Å².